The summed E-state index contributed by atoms with van der Waals surface area (Å²) in [5.74, 6) is -0.00724. The van der Waals surface area contributed by atoms with Crippen LogP contribution in [0.15, 0.2) is 18.2 Å². The molecule has 0 unspecified atom stereocenters. The van der Waals surface area contributed by atoms with E-state index in [-0.39, 0.29) is 5.02 Å². The molecule has 78 valence electrons. The fraction of sp³-hybridized carbons (Fsp3) is 0.400. The van der Waals surface area contributed by atoms with E-state index in [0.717, 1.165) is 0 Å². The minimum atomic E-state index is -0.472. The minimum Gasteiger partial charge on any atom is -0.491 e. The zero-order valence-electron chi connectivity index (χ0n) is 7.93. The molecule has 0 heterocycles. The Hall–Kier alpha value is -0.800. The summed E-state index contributed by atoms with van der Waals surface area (Å²) in [5.41, 5.74) is 0. The molecule has 1 aromatic rings. The summed E-state index contributed by atoms with van der Waals surface area (Å²) in [7, 11) is 0. The standard InChI is InChI=1S/C10H12ClFO2/c1-2-13-5-6-14-8-3-4-9(11)10(12)7-8/h3-4,7H,2,5-6H2,1H3. The van der Waals surface area contributed by atoms with Gasteiger partial charge in [-0.05, 0) is 19.1 Å². The summed E-state index contributed by atoms with van der Waals surface area (Å²) in [6.07, 6.45) is 0. The van der Waals surface area contributed by atoms with Crippen molar-refractivity contribution in [1.82, 2.24) is 0 Å². The Morgan fingerprint density at radius 3 is 2.79 bits per heavy atom. The van der Waals surface area contributed by atoms with Gasteiger partial charge in [-0.3, -0.25) is 0 Å². The van der Waals surface area contributed by atoms with E-state index >= 15 is 0 Å². The van der Waals surface area contributed by atoms with E-state index in [2.05, 4.69) is 0 Å². The van der Waals surface area contributed by atoms with Crippen LogP contribution in [0.2, 0.25) is 5.02 Å². The summed E-state index contributed by atoms with van der Waals surface area (Å²) >= 11 is 5.51. The van der Waals surface area contributed by atoms with E-state index in [9.17, 15) is 4.39 Å². The van der Waals surface area contributed by atoms with E-state index < -0.39 is 5.82 Å². The fourth-order valence-corrected chi connectivity index (χ4v) is 1.05. The third-order valence-electron chi connectivity index (χ3n) is 1.59. The van der Waals surface area contributed by atoms with Gasteiger partial charge in [-0.15, -0.1) is 0 Å². The van der Waals surface area contributed by atoms with Gasteiger partial charge in [-0.25, -0.2) is 4.39 Å². The van der Waals surface area contributed by atoms with E-state index in [1.807, 2.05) is 6.92 Å². The molecule has 2 nitrogen and oxygen atoms in total. The topological polar surface area (TPSA) is 18.5 Å². The highest BCUT2D eigenvalue weighted by molar-refractivity contribution is 6.30. The SMILES string of the molecule is CCOCCOc1ccc(Cl)c(F)c1. The van der Waals surface area contributed by atoms with E-state index in [1.54, 1.807) is 6.07 Å². The van der Waals surface area contributed by atoms with Gasteiger partial charge < -0.3 is 9.47 Å². The average Bonchev–Trinajstić information content (AvgIpc) is 2.18. The molecule has 0 saturated carbocycles. The maximum Gasteiger partial charge on any atom is 0.145 e. The van der Waals surface area contributed by atoms with E-state index in [4.69, 9.17) is 21.1 Å². The zero-order chi connectivity index (χ0) is 10.4. The summed E-state index contributed by atoms with van der Waals surface area (Å²) < 4.78 is 23.2. The van der Waals surface area contributed by atoms with Crippen molar-refractivity contribution in [1.29, 1.82) is 0 Å². The van der Waals surface area contributed by atoms with Gasteiger partial charge in [0.05, 0.1) is 11.6 Å². The van der Waals surface area contributed by atoms with Crippen molar-refractivity contribution < 1.29 is 13.9 Å². The van der Waals surface area contributed by atoms with Crippen LogP contribution in [0, 0.1) is 5.82 Å². The van der Waals surface area contributed by atoms with Crippen molar-refractivity contribution in [2.45, 2.75) is 6.92 Å². The monoisotopic (exact) mass is 218 g/mol. The third-order valence-corrected chi connectivity index (χ3v) is 1.90. The van der Waals surface area contributed by atoms with Crippen molar-refractivity contribution in [2.75, 3.05) is 19.8 Å². The lowest BCUT2D eigenvalue weighted by Gasteiger charge is -2.06. The Morgan fingerprint density at radius 2 is 2.14 bits per heavy atom. The molecule has 0 atom stereocenters. The van der Waals surface area contributed by atoms with Crippen molar-refractivity contribution in [3.63, 3.8) is 0 Å². The Balaban J connectivity index is 2.39. The van der Waals surface area contributed by atoms with E-state index in [1.165, 1.54) is 12.1 Å². The van der Waals surface area contributed by atoms with Gasteiger partial charge in [-0.2, -0.15) is 0 Å². The van der Waals surface area contributed by atoms with Crippen LogP contribution in [0.1, 0.15) is 6.92 Å². The number of benzene rings is 1. The van der Waals surface area contributed by atoms with Crippen LogP contribution >= 0.6 is 11.6 Å². The first kappa shape index (κ1) is 11.3. The van der Waals surface area contributed by atoms with Gasteiger partial charge >= 0.3 is 0 Å². The van der Waals surface area contributed by atoms with Crippen LogP contribution in [0.5, 0.6) is 5.75 Å². The van der Waals surface area contributed by atoms with Gasteiger partial charge in [0.2, 0.25) is 0 Å². The second kappa shape index (κ2) is 5.83. The maximum absolute atomic E-state index is 12.9. The quantitative estimate of drug-likeness (QED) is 0.708. The highest BCUT2D eigenvalue weighted by Crippen LogP contribution is 2.20. The lowest BCUT2D eigenvalue weighted by molar-refractivity contribution is 0.110. The van der Waals surface area contributed by atoms with Gasteiger partial charge in [0.15, 0.2) is 0 Å². The largest absolute Gasteiger partial charge is 0.491 e. The van der Waals surface area contributed by atoms with Gasteiger partial charge in [0.25, 0.3) is 0 Å². The van der Waals surface area contributed by atoms with Crippen molar-refractivity contribution in [2.24, 2.45) is 0 Å². The molecule has 1 rings (SSSR count). The molecule has 1 aromatic carbocycles. The Morgan fingerprint density at radius 1 is 1.36 bits per heavy atom. The molecule has 0 aliphatic heterocycles. The third kappa shape index (κ3) is 3.52. The lowest BCUT2D eigenvalue weighted by atomic mass is 10.3. The number of hydrogen-bond acceptors (Lipinski definition) is 2. The minimum absolute atomic E-state index is 0.0992. The van der Waals surface area contributed by atoms with Crippen LogP contribution in [-0.4, -0.2) is 19.8 Å². The lowest BCUT2D eigenvalue weighted by Crippen LogP contribution is -2.06. The molecule has 0 bridgehead atoms. The van der Waals surface area contributed by atoms with Gasteiger partial charge in [0.1, 0.15) is 18.2 Å². The fourth-order valence-electron chi connectivity index (χ4n) is 0.929. The summed E-state index contributed by atoms with van der Waals surface area (Å²) in [4.78, 5) is 0. The summed E-state index contributed by atoms with van der Waals surface area (Å²) in [6.45, 7) is 3.47. The molecular formula is C10H12ClFO2. The smallest absolute Gasteiger partial charge is 0.145 e. The molecule has 0 spiro atoms. The molecule has 0 saturated heterocycles. The molecule has 0 aromatic heterocycles. The number of ether oxygens (including phenoxy) is 2. The van der Waals surface area contributed by atoms with Crippen LogP contribution < -0.4 is 4.74 Å². The molecule has 0 aliphatic carbocycles. The first-order chi connectivity index (χ1) is 6.74. The maximum atomic E-state index is 12.9. The Kier molecular flexibility index (Phi) is 4.70. The van der Waals surface area contributed by atoms with Crippen molar-refractivity contribution >= 4 is 11.6 Å². The highest BCUT2D eigenvalue weighted by Gasteiger charge is 2.01. The zero-order valence-corrected chi connectivity index (χ0v) is 8.68. The molecule has 0 N–H and O–H groups in total. The van der Waals surface area contributed by atoms with Crippen LogP contribution in [0.4, 0.5) is 4.39 Å². The van der Waals surface area contributed by atoms with Gasteiger partial charge in [-0.1, -0.05) is 11.6 Å². The molecular weight excluding hydrogens is 207 g/mol. The van der Waals surface area contributed by atoms with Crippen LogP contribution in [-0.2, 0) is 4.74 Å². The van der Waals surface area contributed by atoms with Crippen molar-refractivity contribution in [3.8, 4) is 5.75 Å². The number of rotatable bonds is 5. The molecule has 0 amide bonds. The van der Waals surface area contributed by atoms with Gasteiger partial charge in [0, 0.05) is 12.7 Å². The summed E-state index contributed by atoms with van der Waals surface area (Å²) in [6, 6.07) is 4.35. The number of halogens is 2. The normalized spacial score (nSPS) is 10.2. The Bertz CT molecular complexity index is 291. The number of hydrogen-bond donors (Lipinski definition) is 0. The molecule has 0 fully saturated rings. The second-order valence-corrected chi connectivity index (χ2v) is 3.03. The second-order valence-electron chi connectivity index (χ2n) is 2.62. The first-order valence-electron chi connectivity index (χ1n) is 4.39. The summed E-state index contributed by atoms with van der Waals surface area (Å²) in [5, 5.41) is 0.0992. The van der Waals surface area contributed by atoms with Crippen LogP contribution in [0.25, 0.3) is 0 Å². The predicted molar refractivity (Wildman–Crippen MR) is 53.4 cm³/mol. The van der Waals surface area contributed by atoms with E-state index in [0.29, 0.717) is 25.6 Å². The molecule has 0 radical (unpaired) electrons. The van der Waals surface area contributed by atoms with Crippen LogP contribution in [0.3, 0.4) is 0 Å². The predicted octanol–water partition coefficient (Wildman–Crippen LogP) is 2.89. The Labute approximate surface area is 87.6 Å². The first-order valence-corrected chi connectivity index (χ1v) is 4.77. The molecule has 0 aliphatic rings. The molecule has 14 heavy (non-hydrogen) atoms. The highest BCUT2D eigenvalue weighted by atomic mass is 35.5. The molecule has 4 heteroatoms. The average molecular weight is 219 g/mol. The van der Waals surface area contributed by atoms with Crippen molar-refractivity contribution in [3.05, 3.63) is 29.0 Å².